The van der Waals surface area contributed by atoms with E-state index in [4.69, 9.17) is 0 Å². The van der Waals surface area contributed by atoms with Gasteiger partial charge in [-0.05, 0) is 47.2 Å². The van der Waals surface area contributed by atoms with E-state index >= 15 is 0 Å². The van der Waals surface area contributed by atoms with Crippen LogP contribution in [0.5, 0.6) is 0 Å². The standard InChI is InChI=1S/C13H16BrIO/c1-2-3-4-5-6-13(16)11-9-10(14)7-8-12(11)15/h7-9H,2-6H2,1H3. The Morgan fingerprint density at radius 3 is 2.75 bits per heavy atom. The average Bonchev–Trinajstić information content (AvgIpc) is 2.27. The van der Waals surface area contributed by atoms with Gasteiger partial charge in [0, 0.05) is 20.0 Å². The normalized spacial score (nSPS) is 10.4. The average molecular weight is 395 g/mol. The van der Waals surface area contributed by atoms with Crippen LogP contribution in [-0.4, -0.2) is 5.78 Å². The molecule has 0 aliphatic rings. The van der Waals surface area contributed by atoms with Crippen molar-refractivity contribution in [2.24, 2.45) is 0 Å². The number of hydrogen-bond acceptors (Lipinski definition) is 1. The Hall–Kier alpha value is 0.1000. The Bertz CT molecular complexity index is 363. The molecule has 0 aromatic heterocycles. The topological polar surface area (TPSA) is 17.1 Å². The van der Waals surface area contributed by atoms with Crippen molar-refractivity contribution in [3.63, 3.8) is 0 Å². The quantitative estimate of drug-likeness (QED) is 0.368. The second-order valence-electron chi connectivity index (χ2n) is 3.86. The molecule has 0 unspecified atom stereocenters. The van der Waals surface area contributed by atoms with Crippen LogP contribution in [0.15, 0.2) is 22.7 Å². The van der Waals surface area contributed by atoms with Crippen LogP contribution in [0, 0.1) is 3.57 Å². The fourth-order valence-corrected chi connectivity index (χ4v) is 2.56. The van der Waals surface area contributed by atoms with Crippen LogP contribution in [0.4, 0.5) is 0 Å². The summed E-state index contributed by atoms with van der Waals surface area (Å²) in [4.78, 5) is 12.0. The molecule has 1 aromatic carbocycles. The highest BCUT2D eigenvalue weighted by atomic mass is 127. The van der Waals surface area contributed by atoms with Crippen molar-refractivity contribution >= 4 is 44.3 Å². The minimum absolute atomic E-state index is 0.266. The molecule has 1 aromatic rings. The highest BCUT2D eigenvalue weighted by Gasteiger charge is 2.09. The Labute approximate surface area is 119 Å². The van der Waals surface area contributed by atoms with Gasteiger partial charge in [-0.15, -0.1) is 0 Å². The number of benzene rings is 1. The molecule has 0 radical (unpaired) electrons. The molecule has 0 saturated carbocycles. The second-order valence-corrected chi connectivity index (χ2v) is 5.94. The van der Waals surface area contributed by atoms with Gasteiger partial charge in [-0.3, -0.25) is 4.79 Å². The van der Waals surface area contributed by atoms with E-state index in [1.54, 1.807) is 0 Å². The Morgan fingerprint density at radius 2 is 2.06 bits per heavy atom. The van der Waals surface area contributed by atoms with Gasteiger partial charge >= 0.3 is 0 Å². The van der Waals surface area contributed by atoms with Gasteiger partial charge in [0.15, 0.2) is 5.78 Å². The number of carbonyl (C=O) groups excluding carboxylic acids is 1. The smallest absolute Gasteiger partial charge is 0.163 e. The van der Waals surface area contributed by atoms with Crippen LogP contribution in [0.1, 0.15) is 49.4 Å². The molecule has 0 saturated heterocycles. The summed E-state index contributed by atoms with van der Waals surface area (Å²) in [6, 6.07) is 5.86. The van der Waals surface area contributed by atoms with Crippen LogP contribution >= 0.6 is 38.5 Å². The van der Waals surface area contributed by atoms with Crippen molar-refractivity contribution in [1.29, 1.82) is 0 Å². The molecule has 0 aliphatic heterocycles. The van der Waals surface area contributed by atoms with Gasteiger partial charge in [0.25, 0.3) is 0 Å². The molecule has 3 heteroatoms. The van der Waals surface area contributed by atoms with Crippen molar-refractivity contribution < 1.29 is 4.79 Å². The third-order valence-corrected chi connectivity index (χ3v) is 3.92. The van der Waals surface area contributed by atoms with Crippen LogP contribution in [0.2, 0.25) is 0 Å². The molecule has 16 heavy (non-hydrogen) atoms. The number of carbonyl (C=O) groups is 1. The van der Waals surface area contributed by atoms with E-state index in [1.165, 1.54) is 12.8 Å². The van der Waals surface area contributed by atoms with E-state index in [0.717, 1.165) is 26.4 Å². The lowest BCUT2D eigenvalue weighted by atomic mass is 10.0. The fraction of sp³-hybridized carbons (Fsp3) is 0.462. The maximum absolute atomic E-state index is 12.0. The summed E-state index contributed by atoms with van der Waals surface area (Å²) in [5.74, 6) is 0.266. The molecule has 0 N–H and O–H groups in total. The van der Waals surface area contributed by atoms with E-state index in [1.807, 2.05) is 18.2 Å². The first-order valence-electron chi connectivity index (χ1n) is 5.63. The maximum atomic E-state index is 12.0. The molecule has 1 rings (SSSR count). The van der Waals surface area contributed by atoms with E-state index in [9.17, 15) is 4.79 Å². The zero-order valence-corrected chi connectivity index (χ0v) is 13.2. The van der Waals surface area contributed by atoms with Crippen molar-refractivity contribution in [3.8, 4) is 0 Å². The summed E-state index contributed by atoms with van der Waals surface area (Å²) in [5, 5.41) is 0. The highest BCUT2D eigenvalue weighted by Crippen LogP contribution is 2.20. The molecule has 0 fully saturated rings. The lowest BCUT2D eigenvalue weighted by molar-refractivity contribution is 0.0978. The first kappa shape index (κ1) is 14.2. The summed E-state index contributed by atoms with van der Waals surface area (Å²) < 4.78 is 2.02. The second kappa shape index (κ2) is 7.43. The van der Waals surface area contributed by atoms with E-state index < -0.39 is 0 Å². The Morgan fingerprint density at radius 1 is 1.31 bits per heavy atom. The first-order valence-corrected chi connectivity index (χ1v) is 7.50. The van der Waals surface area contributed by atoms with Gasteiger partial charge in [0.2, 0.25) is 0 Å². The first-order chi connectivity index (χ1) is 7.65. The van der Waals surface area contributed by atoms with Crippen LogP contribution in [0.3, 0.4) is 0 Å². The predicted molar refractivity (Wildman–Crippen MR) is 79.9 cm³/mol. The summed E-state index contributed by atoms with van der Waals surface area (Å²) in [5.41, 5.74) is 0.853. The number of unbranched alkanes of at least 4 members (excludes halogenated alkanes) is 3. The third kappa shape index (κ3) is 4.53. The number of Topliss-reactive ketones (excluding diaryl/α,β-unsaturated/α-hetero) is 1. The minimum Gasteiger partial charge on any atom is -0.294 e. The van der Waals surface area contributed by atoms with Gasteiger partial charge in [0.05, 0.1) is 0 Å². The zero-order chi connectivity index (χ0) is 12.0. The molecule has 88 valence electrons. The summed E-state index contributed by atoms with van der Waals surface area (Å²) >= 11 is 5.62. The Kier molecular flexibility index (Phi) is 6.58. The van der Waals surface area contributed by atoms with Crippen molar-refractivity contribution in [1.82, 2.24) is 0 Å². The summed E-state index contributed by atoms with van der Waals surface area (Å²) in [7, 11) is 0. The number of ketones is 1. The van der Waals surface area contributed by atoms with Gasteiger partial charge in [0.1, 0.15) is 0 Å². The fourth-order valence-electron chi connectivity index (χ4n) is 1.56. The zero-order valence-electron chi connectivity index (χ0n) is 9.43. The molecule has 0 bridgehead atoms. The SMILES string of the molecule is CCCCCCC(=O)c1cc(Br)ccc1I. The third-order valence-electron chi connectivity index (χ3n) is 2.49. The molecule has 0 amide bonds. The van der Waals surface area contributed by atoms with E-state index in [2.05, 4.69) is 45.4 Å². The number of hydrogen-bond donors (Lipinski definition) is 0. The van der Waals surface area contributed by atoms with Gasteiger partial charge in [-0.2, -0.15) is 0 Å². The van der Waals surface area contributed by atoms with Crippen LogP contribution < -0.4 is 0 Å². The Balaban J connectivity index is 2.55. The molecular weight excluding hydrogens is 379 g/mol. The summed E-state index contributed by atoms with van der Waals surface area (Å²) in [6.07, 6.45) is 5.28. The van der Waals surface area contributed by atoms with Gasteiger partial charge in [-0.25, -0.2) is 0 Å². The number of halogens is 2. The monoisotopic (exact) mass is 394 g/mol. The molecule has 0 spiro atoms. The summed E-state index contributed by atoms with van der Waals surface area (Å²) in [6.45, 7) is 2.18. The number of rotatable bonds is 6. The van der Waals surface area contributed by atoms with E-state index in [0.29, 0.717) is 6.42 Å². The van der Waals surface area contributed by atoms with Crippen LogP contribution in [0.25, 0.3) is 0 Å². The largest absolute Gasteiger partial charge is 0.294 e. The minimum atomic E-state index is 0.266. The van der Waals surface area contributed by atoms with Crippen molar-refractivity contribution in [2.75, 3.05) is 0 Å². The highest BCUT2D eigenvalue weighted by molar-refractivity contribution is 14.1. The van der Waals surface area contributed by atoms with Gasteiger partial charge < -0.3 is 0 Å². The molecular formula is C13H16BrIO. The van der Waals surface area contributed by atoms with Crippen LogP contribution in [-0.2, 0) is 0 Å². The van der Waals surface area contributed by atoms with Crippen molar-refractivity contribution in [3.05, 3.63) is 31.8 Å². The predicted octanol–water partition coefficient (Wildman–Crippen LogP) is 5.21. The lowest BCUT2D eigenvalue weighted by Gasteiger charge is -2.04. The van der Waals surface area contributed by atoms with Gasteiger partial charge in [-0.1, -0.05) is 42.1 Å². The molecule has 0 heterocycles. The molecule has 0 atom stereocenters. The lowest BCUT2D eigenvalue weighted by Crippen LogP contribution is -2.01. The molecule has 1 nitrogen and oxygen atoms in total. The van der Waals surface area contributed by atoms with Crippen molar-refractivity contribution in [2.45, 2.75) is 39.0 Å². The maximum Gasteiger partial charge on any atom is 0.163 e. The van der Waals surface area contributed by atoms with E-state index in [-0.39, 0.29) is 5.78 Å². The molecule has 0 aliphatic carbocycles.